The lowest BCUT2D eigenvalue weighted by molar-refractivity contribution is 0.0380. The standard InChI is InChI=1S/C16H19FN2O3/c1-18(10-13(20)11-22-2)16(21)12-5-6-15(14(17)9-12)19-7-3-4-8-19/h3-9,13,20H,10-11H2,1-2H3. The molecule has 0 radical (unpaired) electrons. The number of hydrogen-bond donors (Lipinski definition) is 1. The van der Waals surface area contributed by atoms with Gasteiger partial charge in [-0.2, -0.15) is 0 Å². The van der Waals surface area contributed by atoms with Crippen LogP contribution in [0.25, 0.3) is 5.69 Å². The molecule has 1 amide bonds. The first-order valence-corrected chi connectivity index (χ1v) is 6.88. The number of amides is 1. The predicted octanol–water partition coefficient (Wildman–Crippen LogP) is 1.70. The molecule has 0 aliphatic rings. The van der Waals surface area contributed by atoms with E-state index in [1.807, 2.05) is 0 Å². The van der Waals surface area contributed by atoms with Gasteiger partial charge in [-0.25, -0.2) is 4.39 Å². The fourth-order valence-corrected chi connectivity index (χ4v) is 2.21. The van der Waals surface area contributed by atoms with Gasteiger partial charge in [0.15, 0.2) is 0 Å². The van der Waals surface area contributed by atoms with Crippen LogP contribution in [0.4, 0.5) is 4.39 Å². The number of nitrogens with zero attached hydrogens (tertiary/aromatic N) is 2. The first kappa shape index (κ1) is 16.2. The molecule has 0 bridgehead atoms. The molecular formula is C16H19FN2O3. The number of aliphatic hydroxyl groups is 1. The molecule has 1 aromatic carbocycles. The molecule has 0 spiro atoms. The van der Waals surface area contributed by atoms with Gasteiger partial charge in [-0.3, -0.25) is 4.79 Å². The van der Waals surface area contributed by atoms with Gasteiger partial charge >= 0.3 is 0 Å². The van der Waals surface area contributed by atoms with Crippen molar-refractivity contribution in [1.29, 1.82) is 0 Å². The second-order valence-electron chi connectivity index (χ2n) is 5.05. The van der Waals surface area contributed by atoms with Gasteiger partial charge < -0.3 is 19.3 Å². The number of carbonyl (C=O) groups excluding carboxylic acids is 1. The Morgan fingerprint density at radius 1 is 1.41 bits per heavy atom. The maximum atomic E-state index is 14.2. The fourth-order valence-electron chi connectivity index (χ4n) is 2.21. The van der Waals surface area contributed by atoms with Gasteiger partial charge in [-0.05, 0) is 30.3 Å². The summed E-state index contributed by atoms with van der Waals surface area (Å²) in [5.74, 6) is -0.832. The molecule has 1 N–H and O–H groups in total. The smallest absolute Gasteiger partial charge is 0.253 e. The van der Waals surface area contributed by atoms with Gasteiger partial charge in [0.2, 0.25) is 0 Å². The minimum absolute atomic E-state index is 0.119. The molecule has 22 heavy (non-hydrogen) atoms. The van der Waals surface area contributed by atoms with E-state index in [0.29, 0.717) is 5.69 Å². The summed E-state index contributed by atoms with van der Waals surface area (Å²) in [5, 5.41) is 9.64. The SMILES string of the molecule is COCC(O)CN(C)C(=O)c1ccc(-n2cccc2)c(F)c1. The Morgan fingerprint density at radius 3 is 2.68 bits per heavy atom. The van der Waals surface area contributed by atoms with Crippen molar-refractivity contribution in [1.82, 2.24) is 9.47 Å². The number of aliphatic hydroxyl groups excluding tert-OH is 1. The van der Waals surface area contributed by atoms with Gasteiger partial charge in [0, 0.05) is 38.7 Å². The molecule has 2 aromatic rings. The second-order valence-corrected chi connectivity index (χ2v) is 5.05. The molecule has 118 valence electrons. The third kappa shape index (κ3) is 3.72. The Bertz CT molecular complexity index is 628. The molecule has 0 saturated heterocycles. The highest BCUT2D eigenvalue weighted by Gasteiger charge is 2.17. The fraction of sp³-hybridized carbons (Fsp3) is 0.312. The first-order valence-electron chi connectivity index (χ1n) is 6.88. The van der Waals surface area contributed by atoms with Crippen LogP contribution in [-0.4, -0.2) is 53.9 Å². The molecule has 1 aromatic heterocycles. The molecule has 1 unspecified atom stereocenters. The molecule has 5 nitrogen and oxygen atoms in total. The Hall–Kier alpha value is -2.18. The average molecular weight is 306 g/mol. The number of hydrogen-bond acceptors (Lipinski definition) is 3. The highest BCUT2D eigenvalue weighted by Crippen LogP contribution is 2.16. The van der Waals surface area contributed by atoms with Gasteiger partial charge in [-0.1, -0.05) is 0 Å². The maximum Gasteiger partial charge on any atom is 0.253 e. The van der Waals surface area contributed by atoms with Gasteiger partial charge in [0.05, 0.1) is 18.4 Å². The maximum absolute atomic E-state index is 14.2. The lowest BCUT2D eigenvalue weighted by atomic mass is 10.1. The number of rotatable bonds is 6. The van der Waals surface area contributed by atoms with E-state index < -0.39 is 11.9 Å². The summed E-state index contributed by atoms with van der Waals surface area (Å²) in [7, 11) is 3.03. The van der Waals surface area contributed by atoms with Crippen LogP contribution in [-0.2, 0) is 4.74 Å². The van der Waals surface area contributed by atoms with E-state index in [0.717, 1.165) is 0 Å². The van der Waals surface area contributed by atoms with Gasteiger partial charge in [-0.15, -0.1) is 0 Å². The monoisotopic (exact) mass is 306 g/mol. The minimum Gasteiger partial charge on any atom is -0.389 e. The van der Waals surface area contributed by atoms with Crippen molar-refractivity contribution in [3.8, 4) is 5.69 Å². The molecule has 2 rings (SSSR count). The average Bonchev–Trinajstić information content (AvgIpc) is 3.00. The number of carbonyl (C=O) groups is 1. The normalized spacial score (nSPS) is 12.2. The molecule has 1 atom stereocenters. The minimum atomic E-state index is -0.775. The van der Waals surface area contributed by atoms with Crippen molar-refractivity contribution in [2.24, 2.45) is 0 Å². The van der Waals surface area contributed by atoms with Crippen LogP contribution in [0.5, 0.6) is 0 Å². The lowest BCUT2D eigenvalue weighted by Gasteiger charge is -2.20. The van der Waals surface area contributed by atoms with Crippen LogP contribution in [0, 0.1) is 5.82 Å². The number of aromatic nitrogens is 1. The van der Waals surface area contributed by atoms with Crippen LogP contribution in [0.2, 0.25) is 0 Å². The van der Waals surface area contributed by atoms with Crippen molar-refractivity contribution in [2.45, 2.75) is 6.10 Å². The van der Waals surface area contributed by atoms with Crippen molar-refractivity contribution in [3.05, 3.63) is 54.1 Å². The topological polar surface area (TPSA) is 54.7 Å². The zero-order chi connectivity index (χ0) is 16.1. The summed E-state index contributed by atoms with van der Waals surface area (Å²) in [5.41, 5.74) is 0.615. The van der Waals surface area contributed by atoms with E-state index in [1.54, 1.807) is 48.3 Å². The highest BCUT2D eigenvalue weighted by molar-refractivity contribution is 5.94. The molecule has 1 heterocycles. The van der Waals surface area contributed by atoms with E-state index in [-0.39, 0.29) is 24.6 Å². The van der Waals surface area contributed by atoms with Gasteiger partial charge in [0.1, 0.15) is 5.82 Å². The van der Waals surface area contributed by atoms with E-state index in [4.69, 9.17) is 4.74 Å². The van der Waals surface area contributed by atoms with Crippen LogP contribution >= 0.6 is 0 Å². The Kier molecular flexibility index (Phi) is 5.30. The first-order chi connectivity index (χ1) is 10.5. The Labute approximate surface area is 128 Å². The molecular weight excluding hydrogens is 287 g/mol. The number of methoxy groups -OCH3 is 1. The largest absolute Gasteiger partial charge is 0.389 e. The van der Waals surface area contributed by atoms with Crippen LogP contribution in [0.3, 0.4) is 0 Å². The summed E-state index contributed by atoms with van der Waals surface area (Å²) < 4.78 is 20.6. The molecule has 6 heteroatoms. The lowest BCUT2D eigenvalue weighted by Crippen LogP contribution is -2.36. The molecule has 0 saturated carbocycles. The van der Waals surface area contributed by atoms with Crippen molar-refractivity contribution in [3.63, 3.8) is 0 Å². The van der Waals surface area contributed by atoms with Crippen molar-refractivity contribution in [2.75, 3.05) is 27.3 Å². The molecule has 0 aliphatic carbocycles. The van der Waals surface area contributed by atoms with E-state index in [9.17, 15) is 14.3 Å². The quantitative estimate of drug-likeness (QED) is 0.884. The third-order valence-electron chi connectivity index (χ3n) is 3.27. The summed E-state index contributed by atoms with van der Waals surface area (Å²) in [4.78, 5) is 13.6. The molecule has 0 fully saturated rings. The summed E-state index contributed by atoms with van der Waals surface area (Å²) >= 11 is 0. The Morgan fingerprint density at radius 2 is 2.09 bits per heavy atom. The zero-order valence-electron chi connectivity index (χ0n) is 12.6. The second kappa shape index (κ2) is 7.20. The molecule has 0 aliphatic heterocycles. The van der Waals surface area contributed by atoms with E-state index >= 15 is 0 Å². The van der Waals surface area contributed by atoms with Crippen molar-refractivity contribution < 1.29 is 19.0 Å². The summed E-state index contributed by atoms with van der Waals surface area (Å²) in [6, 6.07) is 7.92. The highest BCUT2D eigenvalue weighted by atomic mass is 19.1. The summed E-state index contributed by atoms with van der Waals surface area (Å²) in [6.07, 6.45) is 2.68. The number of likely N-dealkylation sites (N-methyl/N-ethyl adjacent to an activating group) is 1. The van der Waals surface area contributed by atoms with Gasteiger partial charge in [0.25, 0.3) is 5.91 Å². The van der Waals surface area contributed by atoms with E-state index in [1.165, 1.54) is 18.1 Å². The zero-order valence-corrected chi connectivity index (χ0v) is 12.6. The third-order valence-corrected chi connectivity index (χ3v) is 3.27. The Balaban J connectivity index is 2.12. The predicted molar refractivity (Wildman–Crippen MR) is 80.6 cm³/mol. The number of benzene rings is 1. The number of ether oxygens (including phenoxy) is 1. The summed E-state index contributed by atoms with van der Waals surface area (Å²) in [6.45, 7) is 0.256. The van der Waals surface area contributed by atoms with Crippen molar-refractivity contribution >= 4 is 5.91 Å². The van der Waals surface area contributed by atoms with E-state index in [2.05, 4.69) is 0 Å². The van der Waals surface area contributed by atoms with Crippen LogP contribution in [0.1, 0.15) is 10.4 Å². The van der Waals surface area contributed by atoms with Crippen LogP contribution < -0.4 is 0 Å². The van der Waals surface area contributed by atoms with Crippen LogP contribution in [0.15, 0.2) is 42.7 Å². The number of halogens is 1.